The maximum Gasteiger partial charge on any atom is 1.00 e. The SMILES string of the molecule is CC(C)C[C@H](N)C(=O)O.CCC(=O)[O-].[Na+]. The average molecular weight is 227 g/mol. The quantitative estimate of drug-likeness (QED) is 0.487. The number of nitrogens with two attached hydrogens (primary N) is 1. The Morgan fingerprint density at radius 2 is 1.73 bits per heavy atom. The molecule has 1 atom stereocenters. The van der Waals surface area contributed by atoms with E-state index in [0.29, 0.717) is 12.3 Å². The second-order valence-corrected chi connectivity index (χ2v) is 3.30. The molecular formula is C9H18NNaO4. The minimum atomic E-state index is -0.995. The normalized spacial score (nSPS) is 10.7. The predicted octanol–water partition coefficient (Wildman–Crippen LogP) is -3.41. The number of rotatable bonds is 4. The third-order valence-electron chi connectivity index (χ3n) is 1.33. The van der Waals surface area contributed by atoms with Gasteiger partial charge in [0.1, 0.15) is 6.04 Å². The van der Waals surface area contributed by atoms with Gasteiger partial charge in [0.05, 0.1) is 0 Å². The topological polar surface area (TPSA) is 103 Å². The van der Waals surface area contributed by atoms with Crippen LogP contribution in [0.5, 0.6) is 0 Å². The van der Waals surface area contributed by atoms with Gasteiger partial charge in [-0.1, -0.05) is 20.8 Å². The number of hydrogen-bond donors (Lipinski definition) is 2. The van der Waals surface area contributed by atoms with Gasteiger partial charge in [-0.3, -0.25) is 4.79 Å². The van der Waals surface area contributed by atoms with Gasteiger partial charge < -0.3 is 20.7 Å². The zero-order valence-electron chi connectivity index (χ0n) is 9.82. The fraction of sp³-hybridized carbons (Fsp3) is 0.778. The van der Waals surface area contributed by atoms with Crippen LogP contribution in [0.4, 0.5) is 0 Å². The van der Waals surface area contributed by atoms with E-state index in [4.69, 9.17) is 10.8 Å². The van der Waals surface area contributed by atoms with Crippen LogP contribution in [0.25, 0.3) is 0 Å². The largest absolute Gasteiger partial charge is 1.00 e. The van der Waals surface area contributed by atoms with Crippen LogP contribution in [0.2, 0.25) is 0 Å². The molecule has 0 bridgehead atoms. The summed E-state index contributed by atoms with van der Waals surface area (Å²) in [5, 5.41) is 17.6. The summed E-state index contributed by atoms with van der Waals surface area (Å²) in [6.07, 6.45) is 0.662. The molecule has 0 amide bonds. The third-order valence-corrected chi connectivity index (χ3v) is 1.33. The second-order valence-electron chi connectivity index (χ2n) is 3.30. The maximum absolute atomic E-state index is 10.1. The molecule has 0 aromatic carbocycles. The molecule has 0 aromatic rings. The van der Waals surface area contributed by atoms with Gasteiger partial charge >= 0.3 is 35.5 Å². The zero-order chi connectivity index (χ0) is 11.7. The number of carbonyl (C=O) groups is 2. The van der Waals surface area contributed by atoms with Crippen molar-refractivity contribution in [2.24, 2.45) is 11.7 Å². The summed E-state index contributed by atoms with van der Waals surface area (Å²) in [6, 6.07) is -0.690. The molecule has 0 aliphatic carbocycles. The fourth-order valence-electron chi connectivity index (χ4n) is 0.609. The smallest absolute Gasteiger partial charge is 0.550 e. The van der Waals surface area contributed by atoms with Gasteiger partial charge in [0.15, 0.2) is 0 Å². The zero-order valence-corrected chi connectivity index (χ0v) is 11.8. The van der Waals surface area contributed by atoms with Crippen molar-refractivity contribution in [3.63, 3.8) is 0 Å². The summed E-state index contributed by atoms with van der Waals surface area (Å²) < 4.78 is 0. The van der Waals surface area contributed by atoms with Crippen molar-refractivity contribution in [1.29, 1.82) is 0 Å². The Labute approximate surface area is 112 Å². The van der Waals surface area contributed by atoms with Crippen molar-refractivity contribution in [1.82, 2.24) is 0 Å². The summed E-state index contributed by atoms with van der Waals surface area (Å²) in [5.41, 5.74) is 5.22. The van der Waals surface area contributed by atoms with E-state index in [-0.39, 0.29) is 36.0 Å². The monoisotopic (exact) mass is 227 g/mol. The van der Waals surface area contributed by atoms with E-state index >= 15 is 0 Å². The standard InChI is InChI=1S/C6H13NO2.C3H6O2.Na/c1-4(2)3-5(7)6(8)9;1-2-3(4)5;/h4-5H,3,7H2,1-2H3,(H,8,9);2H2,1H3,(H,4,5);/q;;+1/p-1/t5-;;/m0../s1. The molecule has 0 saturated carbocycles. The molecule has 6 heteroatoms. The van der Waals surface area contributed by atoms with Crippen LogP contribution in [0.1, 0.15) is 33.6 Å². The molecule has 5 nitrogen and oxygen atoms in total. The van der Waals surface area contributed by atoms with E-state index in [1.165, 1.54) is 6.92 Å². The Kier molecular flexibility index (Phi) is 16.2. The summed E-state index contributed by atoms with van der Waals surface area (Å²) in [7, 11) is 0. The van der Waals surface area contributed by atoms with E-state index < -0.39 is 18.0 Å². The van der Waals surface area contributed by atoms with Gasteiger partial charge in [-0.05, 0) is 18.8 Å². The summed E-state index contributed by atoms with van der Waals surface area (Å²) in [4.78, 5) is 19.4. The van der Waals surface area contributed by atoms with Crippen LogP contribution in [0.15, 0.2) is 0 Å². The summed E-state index contributed by atoms with van der Waals surface area (Å²) in [6.45, 7) is 5.43. The van der Waals surface area contributed by atoms with E-state index in [2.05, 4.69) is 0 Å². The Morgan fingerprint density at radius 3 is 1.80 bits per heavy atom. The second kappa shape index (κ2) is 12.0. The van der Waals surface area contributed by atoms with Gasteiger partial charge in [-0.25, -0.2) is 0 Å². The van der Waals surface area contributed by atoms with Gasteiger partial charge in [0.25, 0.3) is 0 Å². The molecule has 3 N–H and O–H groups in total. The van der Waals surface area contributed by atoms with Crippen molar-refractivity contribution >= 4 is 11.9 Å². The molecule has 0 heterocycles. The van der Waals surface area contributed by atoms with Gasteiger partial charge in [-0.2, -0.15) is 0 Å². The molecule has 0 unspecified atom stereocenters. The van der Waals surface area contributed by atoms with Gasteiger partial charge in [0.2, 0.25) is 0 Å². The van der Waals surface area contributed by atoms with Crippen molar-refractivity contribution in [3.05, 3.63) is 0 Å². The molecule has 0 aliphatic heterocycles. The van der Waals surface area contributed by atoms with Crippen LogP contribution in [-0.4, -0.2) is 23.1 Å². The predicted molar refractivity (Wildman–Crippen MR) is 50.4 cm³/mol. The fourth-order valence-corrected chi connectivity index (χ4v) is 0.609. The number of aliphatic carboxylic acids is 2. The molecule has 0 saturated heterocycles. The summed E-state index contributed by atoms with van der Waals surface area (Å²) >= 11 is 0. The number of carbonyl (C=O) groups excluding carboxylic acids is 1. The number of hydrogen-bond acceptors (Lipinski definition) is 4. The molecule has 0 rings (SSSR count). The molecule has 15 heavy (non-hydrogen) atoms. The van der Waals surface area contributed by atoms with Crippen molar-refractivity contribution in [2.45, 2.75) is 39.7 Å². The first-order valence-corrected chi connectivity index (χ1v) is 4.49. The van der Waals surface area contributed by atoms with Crippen LogP contribution in [0.3, 0.4) is 0 Å². The van der Waals surface area contributed by atoms with Gasteiger partial charge in [-0.15, -0.1) is 0 Å². The first kappa shape index (κ1) is 20.3. The molecule has 0 aromatic heterocycles. The van der Waals surface area contributed by atoms with E-state index in [9.17, 15) is 14.7 Å². The van der Waals surface area contributed by atoms with Crippen LogP contribution >= 0.6 is 0 Å². The molecule has 0 radical (unpaired) electrons. The first-order valence-electron chi connectivity index (χ1n) is 4.49. The first-order chi connectivity index (χ1) is 6.31. The van der Waals surface area contributed by atoms with E-state index in [1.54, 1.807) is 0 Å². The minimum absolute atomic E-state index is 0. The van der Waals surface area contributed by atoms with E-state index in [0.717, 1.165) is 0 Å². The summed E-state index contributed by atoms with van der Waals surface area (Å²) in [5.74, 6) is -1.55. The maximum atomic E-state index is 10.1. The minimum Gasteiger partial charge on any atom is -0.550 e. The van der Waals surface area contributed by atoms with Crippen molar-refractivity contribution in [3.8, 4) is 0 Å². The Balaban J connectivity index is -0.000000208. The average Bonchev–Trinajstić information content (AvgIpc) is 2.04. The number of carboxylic acids is 2. The van der Waals surface area contributed by atoms with Crippen LogP contribution in [0, 0.1) is 5.92 Å². The van der Waals surface area contributed by atoms with Crippen molar-refractivity contribution in [2.75, 3.05) is 0 Å². The van der Waals surface area contributed by atoms with Crippen LogP contribution in [-0.2, 0) is 9.59 Å². The number of carboxylic acid groups (broad SMARTS) is 2. The molecule has 0 fully saturated rings. The van der Waals surface area contributed by atoms with E-state index in [1.807, 2.05) is 13.8 Å². The molecule has 84 valence electrons. The van der Waals surface area contributed by atoms with Crippen LogP contribution < -0.4 is 40.4 Å². The van der Waals surface area contributed by atoms with Crippen molar-refractivity contribution < 1.29 is 49.4 Å². The molecule has 0 aliphatic rings. The molecular weight excluding hydrogens is 209 g/mol. The Hall–Kier alpha value is -0.100. The Morgan fingerprint density at radius 1 is 1.40 bits per heavy atom. The molecule has 0 spiro atoms. The Bertz CT molecular complexity index is 185. The van der Waals surface area contributed by atoms with Gasteiger partial charge in [0, 0.05) is 5.97 Å². The third kappa shape index (κ3) is 20.1.